The van der Waals surface area contributed by atoms with Gasteiger partial charge >= 0.3 is 0 Å². The molecule has 0 saturated heterocycles. The van der Waals surface area contributed by atoms with Gasteiger partial charge in [0.1, 0.15) is 0 Å². The van der Waals surface area contributed by atoms with Crippen LogP contribution >= 0.6 is 11.3 Å². The van der Waals surface area contributed by atoms with E-state index in [0.717, 1.165) is 24.3 Å². The number of nitrogens with one attached hydrogen (secondary N) is 1. The Hall–Kier alpha value is -0.410. The molecule has 3 heteroatoms. The average Bonchev–Trinajstić information content (AvgIpc) is 2.81. The molecule has 0 aliphatic heterocycles. The van der Waals surface area contributed by atoms with Gasteiger partial charge in [0.2, 0.25) is 0 Å². The Labute approximate surface area is 134 Å². The van der Waals surface area contributed by atoms with Gasteiger partial charge in [-0.05, 0) is 68.9 Å². The van der Waals surface area contributed by atoms with Crippen LogP contribution in [0.2, 0.25) is 0 Å². The molecule has 3 atom stereocenters. The quantitative estimate of drug-likeness (QED) is 0.854. The summed E-state index contributed by atoms with van der Waals surface area (Å²) in [5.74, 6) is 2.48. The summed E-state index contributed by atoms with van der Waals surface area (Å²) in [5.41, 5.74) is 1.76. The highest BCUT2D eigenvalue weighted by molar-refractivity contribution is 7.09. The fraction of sp³-hybridized carbons (Fsp3) is 0.833. The molecule has 120 valence electrons. The third kappa shape index (κ3) is 4.79. The molecule has 2 nitrogen and oxygen atoms in total. The predicted octanol–water partition coefficient (Wildman–Crippen LogP) is 4.68. The van der Waals surface area contributed by atoms with E-state index < -0.39 is 0 Å². The molecule has 1 fully saturated rings. The van der Waals surface area contributed by atoms with Crippen molar-refractivity contribution >= 4 is 11.3 Å². The van der Waals surface area contributed by atoms with Crippen molar-refractivity contribution < 1.29 is 0 Å². The SMILES string of the molecule is CCNCC1CCC(C(C)(C)C)CC1Cc1csc(C)n1. The Morgan fingerprint density at radius 1 is 1.29 bits per heavy atom. The van der Waals surface area contributed by atoms with E-state index in [1.165, 1.54) is 42.9 Å². The van der Waals surface area contributed by atoms with Gasteiger partial charge in [-0.2, -0.15) is 0 Å². The Balaban J connectivity index is 2.05. The first-order valence-corrected chi connectivity index (χ1v) is 9.39. The van der Waals surface area contributed by atoms with E-state index in [9.17, 15) is 0 Å². The summed E-state index contributed by atoms with van der Waals surface area (Å²) in [6.45, 7) is 13.8. The number of aryl methyl sites for hydroxylation is 1. The standard InChI is InChI=1S/C18H32N2S/c1-6-19-11-14-7-8-16(18(3,4)5)9-15(14)10-17-12-21-13(2)20-17/h12,14-16,19H,6-11H2,1-5H3. The molecule has 0 radical (unpaired) electrons. The topological polar surface area (TPSA) is 24.9 Å². The summed E-state index contributed by atoms with van der Waals surface area (Å²) in [6.07, 6.45) is 5.32. The van der Waals surface area contributed by atoms with E-state index >= 15 is 0 Å². The van der Waals surface area contributed by atoms with Crippen molar-refractivity contribution in [2.45, 2.75) is 60.3 Å². The highest BCUT2D eigenvalue weighted by Crippen LogP contribution is 2.43. The summed E-state index contributed by atoms with van der Waals surface area (Å²) in [4.78, 5) is 4.70. The monoisotopic (exact) mass is 308 g/mol. The van der Waals surface area contributed by atoms with Crippen molar-refractivity contribution in [2.75, 3.05) is 13.1 Å². The van der Waals surface area contributed by atoms with Gasteiger partial charge in [-0.1, -0.05) is 27.7 Å². The first kappa shape index (κ1) is 17.0. The zero-order valence-electron chi connectivity index (χ0n) is 14.4. The molecule has 2 rings (SSSR count). The van der Waals surface area contributed by atoms with Gasteiger partial charge in [-0.25, -0.2) is 4.98 Å². The molecule has 1 aromatic rings. The van der Waals surface area contributed by atoms with Crippen LogP contribution in [0.3, 0.4) is 0 Å². The second-order valence-electron chi connectivity index (χ2n) is 7.77. The maximum absolute atomic E-state index is 4.70. The number of thiazole rings is 1. The Kier molecular flexibility index (Phi) is 5.84. The van der Waals surface area contributed by atoms with Crippen LogP contribution < -0.4 is 5.32 Å². The lowest BCUT2D eigenvalue weighted by molar-refractivity contribution is 0.0969. The predicted molar refractivity (Wildman–Crippen MR) is 92.9 cm³/mol. The van der Waals surface area contributed by atoms with Crippen LogP contribution in [0.1, 0.15) is 57.7 Å². The van der Waals surface area contributed by atoms with Gasteiger partial charge in [0.15, 0.2) is 0 Å². The van der Waals surface area contributed by atoms with E-state index in [1.54, 1.807) is 11.3 Å². The highest BCUT2D eigenvalue weighted by Gasteiger charge is 2.35. The van der Waals surface area contributed by atoms with Crippen molar-refractivity contribution in [1.82, 2.24) is 10.3 Å². The van der Waals surface area contributed by atoms with Crippen molar-refractivity contribution in [3.05, 3.63) is 16.1 Å². The smallest absolute Gasteiger partial charge is 0.0897 e. The zero-order chi connectivity index (χ0) is 15.5. The van der Waals surface area contributed by atoms with E-state index in [2.05, 4.69) is 45.3 Å². The normalized spacial score (nSPS) is 27.0. The van der Waals surface area contributed by atoms with Crippen molar-refractivity contribution in [1.29, 1.82) is 0 Å². The van der Waals surface area contributed by atoms with Crippen LogP contribution in [0.4, 0.5) is 0 Å². The fourth-order valence-electron chi connectivity index (χ4n) is 3.73. The van der Waals surface area contributed by atoms with Crippen LogP contribution in [0.15, 0.2) is 5.38 Å². The van der Waals surface area contributed by atoms with Crippen molar-refractivity contribution in [2.24, 2.45) is 23.2 Å². The first-order valence-electron chi connectivity index (χ1n) is 8.51. The third-order valence-corrected chi connectivity index (χ3v) is 5.98. The molecule has 1 aliphatic rings. The Morgan fingerprint density at radius 2 is 2.05 bits per heavy atom. The second-order valence-corrected chi connectivity index (χ2v) is 8.83. The summed E-state index contributed by atoms with van der Waals surface area (Å²) in [7, 11) is 0. The van der Waals surface area contributed by atoms with E-state index in [1.807, 2.05) is 0 Å². The molecule has 0 aromatic carbocycles. The Morgan fingerprint density at radius 3 is 2.62 bits per heavy atom. The first-order chi connectivity index (χ1) is 9.90. The molecule has 21 heavy (non-hydrogen) atoms. The minimum Gasteiger partial charge on any atom is -0.317 e. The molecule has 1 aromatic heterocycles. The van der Waals surface area contributed by atoms with Crippen LogP contribution in [-0.2, 0) is 6.42 Å². The lowest BCUT2D eigenvalue weighted by atomic mass is 9.64. The van der Waals surface area contributed by atoms with Crippen LogP contribution in [0.25, 0.3) is 0 Å². The number of hydrogen-bond acceptors (Lipinski definition) is 3. The molecular formula is C18H32N2S. The molecule has 3 unspecified atom stereocenters. The minimum absolute atomic E-state index is 0.444. The van der Waals surface area contributed by atoms with E-state index in [0.29, 0.717) is 5.41 Å². The minimum atomic E-state index is 0.444. The number of hydrogen-bond donors (Lipinski definition) is 1. The lowest BCUT2D eigenvalue weighted by Crippen LogP contribution is -2.37. The average molecular weight is 309 g/mol. The molecule has 0 spiro atoms. The van der Waals surface area contributed by atoms with Gasteiger partial charge in [0.25, 0.3) is 0 Å². The van der Waals surface area contributed by atoms with E-state index in [4.69, 9.17) is 4.98 Å². The third-order valence-electron chi connectivity index (χ3n) is 5.16. The molecule has 0 amide bonds. The summed E-state index contributed by atoms with van der Waals surface area (Å²) in [6, 6.07) is 0. The van der Waals surface area contributed by atoms with Gasteiger partial charge < -0.3 is 5.32 Å². The fourth-order valence-corrected chi connectivity index (χ4v) is 4.36. The second kappa shape index (κ2) is 7.23. The van der Waals surface area contributed by atoms with E-state index in [-0.39, 0.29) is 0 Å². The van der Waals surface area contributed by atoms with Crippen LogP contribution in [-0.4, -0.2) is 18.1 Å². The molecule has 1 saturated carbocycles. The van der Waals surface area contributed by atoms with Crippen molar-refractivity contribution in [3.8, 4) is 0 Å². The molecule has 0 bridgehead atoms. The summed E-state index contributed by atoms with van der Waals surface area (Å²) >= 11 is 1.79. The Bertz CT molecular complexity index is 433. The van der Waals surface area contributed by atoms with Crippen molar-refractivity contribution in [3.63, 3.8) is 0 Å². The lowest BCUT2D eigenvalue weighted by Gasteiger charge is -2.42. The summed E-state index contributed by atoms with van der Waals surface area (Å²) < 4.78 is 0. The number of nitrogens with zero attached hydrogens (tertiary/aromatic N) is 1. The molecule has 1 heterocycles. The maximum atomic E-state index is 4.70. The largest absolute Gasteiger partial charge is 0.317 e. The number of rotatable bonds is 5. The molecule has 1 N–H and O–H groups in total. The molecule has 1 aliphatic carbocycles. The van der Waals surface area contributed by atoms with Crippen LogP contribution in [0, 0.1) is 30.1 Å². The number of aromatic nitrogens is 1. The highest BCUT2D eigenvalue weighted by atomic mass is 32.1. The summed E-state index contributed by atoms with van der Waals surface area (Å²) in [5, 5.41) is 7.04. The molecular weight excluding hydrogens is 276 g/mol. The van der Waals surface area contributed by atoms with Gasteiger partial charge in [0, 0.05) is 5.38 Å². The van der Waals surface area contributed by atoms with Gasteiger partial charge in [-0.15, -0.1) is 11.3 Å². The van der Waals surface area contributed by atoms with Gasteiger partial charge in [0.05, 0.1) is 10.7 Å². The maximum Gasteiger partial charge on any atom is 0.0897 e. The zero-order valence-corrected chi connectivity index (χ0v) is 15.2. The van der Waals surface area contributed by atoms with Gasteiger partial charge in [-0.3, -0.25) is 0 Å². The van der Waals surface area contributed by atoms with Crippen LogP contribution in [0.5, 0.6) is 0 Å².